The first-order valence-corrected chi connectivity index (χ1v) is 9.18. The molecule has 2 aromatic carbocycles. The minimum atomic E-state index is 0.478. The highest BCUT2D eigenvalue weighted by atomic mass is 35.5. The monoisotopic (exact) mass is 385 g/mol. The molecule has 0 saturated heterocycles. The van der Waals surface area contributed by atoms with Gasteiger partial charge in [0, 0.05) is 38.2 Å². The van der Waals surface area contributed by atoms with E-state index in [0.29, 0.717) is 16.6 Å². The highest BCUT2D eigenvalue weighted by molar-refractivity contribution is 6.35. The zero-order valence-electron chi connectivity index (χ0n) is 15.1. The number of hydrazone groups is 1. The van der Waals surface area contributed by atoms with Crippen molar-refractivity contribution in [2.24, 2.45) is 5.10 Å². The van der Waals surface area contributed by atoms with Crippen molar-refractivity contribution in [3.8, 4) is 5.69 Å². The first kappa shape index (κ1) is 18.6. The van der Waals surface area contributed by atoms with Crippen LogP contribution in [0.25, 0.3) is 5.69 Å². The number of aryl methyl sites for hydroxylation is 2. The molecule has 5 heteroatoms. The van der Waals surface area contributed by atoms with Crippen molar-refractivity contribution in [3.05, 3.63) is 86.7 Å². The Morgan fingerprint density at radius 1 is 1.00 bits per heavy atom. The number of aromatic nitrogens is 1. The number of hydrogen-bond acceptors (Lipinski definition) is 2. The van der Waals surface area contributed by atoms with Crippen LogP contribution < -0.4 is 5.43 Å². The lowest BCUT2D eigenvalue weighted by Gasteiger charge is -2.10. The molecule has 0 radical (unpaired) electrons. The summed E-state index contributed by atoms with van der Waals surface area (Å²) in [6.07, 6.45) is 1.83. The van der Waals surface area contributed by atoms with Crippen molar-refractivity contribution in [3.63, 3.8) is 0 Å². The van der Waals surface area contributed by atoms with Crippen LogP contribution in [0.15, 0.2) is 53.6 Å². The summed E-state index contributed by atoms with van der Waals surface area (Å²) < 4.78 is 2.24. The lowest BCUT2D eigenvalue weighted by atomic mass is 10.2. The molecule has 3 rings (SSSR count). The summed E-state index contributed by atoms with van der Waals surface area (Å²) in [5.41, 5.74) is 9.66. The predicted molar refractivity (Wildman–Crippen MR) is 111 cm³/mol. The highest BCUT2D eigenvalue weighted by Crippen LogP contribution is 2.24. The van der Waals surface area contributed by atoms with Gasteiger partial charge in [-0.15, -0.1) is 0 Å². The predicted octanol–water partition coefficient (Wildman–Crippen LogP) is 5.83. The molecule has 1 heterocycles. The van der Waals surface area contributed by atoms with Crippen LogP contribution in [0.1, 0.15) is 28.1 Å². The topological polar surface area (TPSA) is 29.3 Å². The maximum absolute atomic E-state index is 6.18. The van der Waals surface area contributed by atoms with E-state index in [2.05, 4.69) is 66.2 Å². The Morgan fingerprint density at radius 2 is 1.69 bits per heavy atom. The van der Waals surface area contributed by atoms with Crippen LogP contribution in [0, 0.1) is 20.8 Å². The minimum absolute atomic E-state index is 0.478. The molecule has 0 amide bonds. The molecule has 0 aliphatic carbocycles. The Labute approximate surface area is 164 Å². The van der Waals surface area contributed by atoms with Gasteiger partial charge in [-0.05, 0) is 56.7 Å². The van der Waals surface area contributed by atoms with Gasteiger partial charge < -0.3 is 9.99 Å². The average molecular weight is 386 g/mol. The molecule has 3 nitrogen and oxygen atoms in total. The van der Waals surface area contributed by atoms with Gasteiger partial charge in [-0.2, -0.15) is 5.10 Å². The lowest BCUT2D eigenvalue weighted by Crippen LogP contribution is -2.07. The Balaban J connectivity index is 1.77. The summed E-state index contributed by atoms with van der Waals surface area (Å²) in [5.74, 6) is 0. The molecule has 0 fully saturated rings. The first-order valence-electron chi connectivity index (χ1n) is 8.42. The van der Waals surface area contributed by atoms with Gasteiger partial charge in [-0.1, -0.05) is 41.4 Å². The van der Waals surface area contributed by atoms with E-state index >= 15 is 0 Å². The zero-order chi connectivity index (χ0) is 18.7. The largest absolute Gasteiger partial charge is 0.318 e. The second kappa shape index (κ2) is 7.98. The number of nitrogens with zero attached hydrogens (tertiary/aromatic N) is 2. The molecule has 0 aliphatic heterocycles. The second-order valence-corrected chi connectivity index (χ2v) is 7.11. The third-order valence-electron chi connectivity index (χ3n) is 4.34. The van der Waals surface area contributed by atoms with Crippen molar-refractivity contribution in [2.45, 2.75) is 27.3 Å². The fourth-order valence-electron chi connectivity index (χ4n) is 3.02. The van der Waals surface area contributed by atoms with Gasteiger partial charge in [0.25, 0.3) is 0 Å². The molecule has 0 atom stereocenters. The van der Waals surface area contributed by atoms with Gasteiger partial charge in [0.1, 0.15) is 0 Å². The summed E-state index contributed by atoms with van der Waals surface area (Å²) in [4.78, 5) is 0. The van der Waals surface area contributed by atoms with Gasteiger partial charge >= 0.3 is 0 Å². The molecule has 1 aromatic heterocycles. The molecule has 0 aliphatic rings. The maximum atomic E-state index is 6.18. The van der Waals surface area contributed by atoms with Gasteiger partial charge in [-0.3, -0.25) is 0 Å². The Bertz CT molecular complexity index is 938. The highest BCUT2D eigenvalue weighted by Gasteiger charge is 2.09. The Kier molecular flexibility index (Phi) is 5.70. The SMILES string of the molecule is Cc1cccc(-n2c(C)cc(/C=N/NCc3c(Cl)cccc3Cl)c2C)c1. The molecule has 0 spiro atoms. The fourth-order valence-corrected chi connectivity index (χ4v) is 3.55. The molecular formula is C21H21Cl2N3. The van der Waals surface area contributed by atoms with E-state index < -0.39 is 0 Å². The summed E-state index contributed by atoms with van der Waals surface area (Å²) >= 11 is 12.4. The van der Waals surface area contributed by atoms with E-state index in [1.807, 2.05) is 24.4 Å². The van der Waals surface area contributed by atoms with E-state index in [9.17, 15) is 0 Å². The van der Waals surface area contributed by atoms with Crippen molar-refractivity contribution in [2.75, 3.05) is 0 Å². The molecule has 26 heavy (non-hydrogen) atoms. The minimum Gasteiger partial charge on any atom is -0.318 e. The van der Waals surface area contributed by atoms with E-state index in [4.69, 9.17) is 23.2 Å². The molecule has 0 saturated carbocycles. The number of benzene rings is 2. The smallest absolute Gasteiger partial charge is 0.0609 e. The average Bonchev–Trinajstić information content (AvgIpc) is 2.87. The van der Waals surface area contributed by atoms with Gasteiger partial charge in [0.2, 0.25) is 0 Å². The lowest BCUT2D eigenvalue weighted by molar-refractivity contribution is 0.748. The third kappa shape index (κ3) is 3.95. The van der Waals surface area contributed by atoms with Crippen LogP contribution in [-0.2, 0) is 6.54 Å². The van der Waals surface area contributed by atoms with Crippen LogP contribution in [0.5, 0.6) is 0 Å². The number of halogens is 2. The quantitative estimate of drug-likeness (QED) is 0.434. The van der Waals surface area contributed by atoms with E-state index in [1.54, 1.807) is 0 Å². The zero-order valence-corrected chi connectivity index (χ0v) is 16.6. The molecule has 0 bridgehead atoms. The number of hydrogen-bond donors (Lipinski definition) is 1. The number of rotatable bonds is 5. The summed E-state index contributed by atoms with van der Waals surface area (Å²) in [6.45, 7) is 6.78. The fraction of sp³-hybridized carbons (Fsp3) is 0.190. The molecule has 0 unspecified atom stereocenters. The van der Waals surface area contributed by atoms with E-state index in [0.717, 1.165) is 22.5 Å². The van der Waals surface area contributed by atoms with Crippen LogP contribution in [0.4, 0.5) is 0 Å². The van der Waals surface area contributed by atoms with Crippen molar-refractivity contribution < 1.29 is 0 Å². The standard InChI is InChI=1S/C21H21Cl2N3/c1-14-6-4-7-18(10-14)26-15(2)11-17(16(26)3)12-24-25-13-19-20(22)8-5-9-21(19)23/h4-12,25H,13H2,1-3H3/b24-12+. The Morgan fingerprint density at radius 3 is 2.38 bits per heavy atom. The van der Waals surface area contributed by atoms with E-state index in [1.165, 1.54) is 11.3 Å². The first-order chi connectivity index (χ1) is 12.5. The van der Waals surface area contributed by atoms with Gasteiger partial charge in [-0.25, -0.2) is 0 Å². The number of nitrogens with one attached hydrogen (secondary N) is 1. The second-order valence-electron chi connectivity index (χ2n) is 6.29. The maximum Gasteiger partial charge on any atom is 0.0609 e. The van der Waals surface area contributed by atoms with Gasteiger partial charge in [0.15, 0.2) is 0 Å². The van der Waals surface area contributed by atoms with Crippen LogP contribution in [0.3, 0.4) is 0 Å². The molecule has 134 valence electrons. The summed E-state index contributed by atoms with van der Waals surface area (Å²) in [7, 11) is 0. The molecular weight excluding hydrogens is 365 g/mol. The van der Waals surface area contributed by atoms with Crippen molar-refractivity contribution >= 4 is 29.4 Å². The third-order valence-corrected chi connectivity index (χ3v) is 5.05. The normalized spacial score (nSPS) is 11.3. The summed E-state index contributed by atoms with van der Waals surface area (Å²) in [6, 6.07) is 16.1. The van der Waals surface area contributed by atoms with Crippen LogP contribution >= 0.6 is 23.2 Å². The van der Waals surface area contributed by atoms with Crippen LogP contribution in [-0.4, -0.2) is 10.8 Å². The molecule has 3 aromatic rings. The van der Waals surface area contributed by atoms with Crippen molar-refractivity contribution in [1.82, 2.24) is 9.99 Å². The van der Waals surface area contributed by atoms with Crippen molar-refractivity contribution in [1.29, 1.82) is 0 Å². The summed E-state index contributed by atoms with van der Waals surface area (Å²) in [5, 5.41) is 5.61. The molecule has 1 N–H and O–H groups in total. The Hall–Kier alpha value is -2.23. The van der Waals surface area contributed by atoms with Gasteiger partial charge in [0.05, 0.1) is 12.8 Å². The van der Waals surface area contributed by atoms with E-state index in [-0.39, 0.29) is 0 Å². The van der Waals surface area contributed by atoms with Crippen LogP contribution in [0.2, 0.25) is 10.0 Å².